The summed E-state index contributed by atoms with van der Waals surface area (Å²) in [5.74, 6) is 1.25. The first-order valence-corrected chi connectivity index (χ1v) is 10.2. The van der Waals surface area contributed by atoms with Crippen molar-refractivity contribution in [3.8, 4) is 12.3 Å². The maximum absolute atomic E-state index is 12.4. The molecule has 0 saturated heterocycles. The molecule has 1 aromatic carbocycles. The number of sulfonamides is 1. The molecule has 0 aliphatic carbocycles. The molecule has 142 valence electrons. The zero-order valence-corrected chi connectivity index (χ0v) is 16.0. The van der Waals surface area contributed by atoms with Gasteiger partial charge in [-0.1, -0.05) is 12.0 Å². The smallest absolute Gasteiger partial charge is 0.311 e. The molecule has 0 aliphatic rings. The quantitative estimate of drug-likeness (QED) is 0.505. The number of amides is 1. The molecule has 0 radical (unpaired) electrons. The molecule has 0 saturated carbocycles. The SMILES string of the molecule is C#CCNS(=O)(=O)c1cccc(C(=O)Nc2nc(CC(=O)OCC)cs2)c1. The minimum Gasteiger partial charge on any atom is -0.466 e. The molecule has 1 amide bonds. The van der Waals surface area contributed by atoms with Gasteiger partial charge >= 0.3 is 5.97 Å². The first-order valence-electron chi connectivity index (χ1n) is 7.80. The number of thiazole rings is 1. The van der Waals surface area contributed by atoms with Crippen molar-refractivity contribution in [2.24, 2.45) is 0 Å². The maximum atomic E-state index is 12.4. The topological polar surface area (TPSA) is 114 Å². The van der Waals surface area contributed by atoms with E-state index in [-0.39, 0.29) is 35.2 Å². The largest absolute Gasteiger partial charge is 0.466 e. The summed E-state index contributed by atoms with van der Waals surface area (Å²) in [7, 11) is -3.80. The highest BCUT2D eigenvalue weighted by Gasteiger charge is 2.16. The van der Waals surface area contributed by atoms with Crippen LogP contribution in [0.4, 0.5) is 5.13 Å². The van der Waals surface area contributed by atoms with Crippen LogP contribution < -0.4 is 10.0 Å². The summed E-state index contributed by atoms with van der Waals surface area (Å²) in [5.41, 5.74) is 0.615. The predicted molar refractivity (Wildman–Crippen MR) is 101 cm³/mol. The lowest BCUT2D eigenvalue weighted by atomic mass is 10.2. The third-order valence-electron chi connectivity index (χ3n) is 3.17. The average Bonchev–Trinajstić information content (AvgIpc) is 3.07. The Labute approximate surface area is 161 Å². The van der Waals surface area contributed by atoms with Gasteiger partial charge in [-0.3, -0.25) is 14.9 Å². The van der Waals surface area contributed by atoms with Crippen molar-refractivity contribution in [1.82, 2.24) is 9.71 Å². The van der Waals surface area contributed by atoms with Crippen molar-refractivity contribution in [3.05, 3.63) is 40.9 Å². The van der Waals surface area contributed by atoms with Crippen molar-refractivity contribution in [2.75, 3.05) is 18.5 Å². The molecular weight excluding hydrogens is 390 g/mol. The van der Waals surface area contributed by atoms with Crippen LogP contribution in [0, 0.1) is 12.3 Å². The summed E-state index contributed by atoms with van der Waals surface area (Å²) in [6, 6.07) is 5.52. The minimum atomic E-state index is -3.80. The molecule has 1 aromatic heterocycles. The summed E-state index contributed by atoms with van der Waals surface area (Å²) in [6.07, 6.45) is 5.06. The lowest BCUT2D eigenvalue weighted by Gasteiger charge is -2.06. The van der Waals surface area contributed by atoms with Crippen LogP contribution in [0.2, 0.25) is 0 Å². The number of hydrogen-bond donors (Lipinski definition) is 2. The molecular formula is C17H17N3O5S2. The Bertz CT molecular complexity index is 976. The Hall–Kier alpha value is -2.74. The number of esters is 1. The number of hydrogen-bond acceptors (Lipinski definition) is 7. The molecule has 2 N–H and O–H groups in total. The van der Waals surface area contributed by atoms with Crippen molar-refractivity contribution in [2.45, 2.75) is 18.2 Å². The number of anilines is 1. The number of carbonyl (C=O) groups excluding carboxylic acids is 2. The standard InChI is InChI=1S/C17H17N3O5S2/c1-3-8-18-27(23,24)14-7-5-6-12(9-14)16(22)20-17-19-13(11-26-17)10-15(21)25-4-2/h1,5-7,9,11,18H,4,8,10H2,2H3,(H,19,20,22). The molecule has 0 fully saturated rings. The first-order chi connectivity index (χ1) is 12.9. The lowest BCUT2D eigenvalue weighted by molar-refractivity contribution is -0.142. The monoisotopic (exact) mass is 407 g/mol. The van der Waals surface area contributed by atoms with E-state index < -0.39 is 21.9 Å². The minimum absolute atomic E-state index is 0.00872. The van der Waals surface area contributed by atoms with E-state index in [9.17, 15) is 18.0 Å². The highest BCUT2D eigenvalue weighted by molar-refractivity contribution is 7.89. The van der Waals surface area contributed by atoms with Gasteiger partial charge in [-0.15, -0.1) is 17.8 Å². The van der Waals surface area contributed by atoms with Crippen LogP contribution >= 0.6 is 11.3 Å². The molecule has 0 unspecified atom stereocenters. The van der Waals surface area contributed by atoms with Gasteiger partial charge in [0.1, 0.15) is 0 Å². The fourth-order valence-corrected chi connectivity index (χ4v) is 3.68. The summed E-state index contributed by atoms with van der Waals surface area (Å²) < 4.78 is 31.2. The first kappa shape index (κ1) is 20.6. The molecule has 2 rings (SSSR count). The molecule has 0 bridgehead atoms. The Morgan fingerprint density at radius 2 is 2.15 bits per heavy atom. The van der Waals surface area contributed by atoms with E-state index in [0.717, 1.165) is 11.3 Å². The second-order valence-corrected chi connectivity index (χ2v) is 7.76. The fourth-order valence-electron chi connectivity index (χ4n) is 2.00. The van der Waals surface area contributed by atoms with Crippen LogP contribution in [0.15, 0.2) is 34.5 Å². The number of nitrogens with one attached hydrogen (secondary N) is 2. The Morgan fingerprint density at radius 1 is 1.37 bits per heavy atom. The number of ether oxygens (including phenoxy) is 1. The van der Waals surface area contributed by atoms with Crippen LogP contribution in [-0.2, 0) is 26.0 Å². The summed E-state index contributed by atoms with van der Waals surface area (Å²) in [6.45, 7) is 1.84. The molecule has 27 heavy (non-hydrogen) atoms. The predicted octanol–water partition coefficient (Wildman–Crippen LogP) is 1.41. The van der Waals surface area contributed by atoms with E-state index >= 15 is 0 Å². The molecule has 2 aromatic rings. The van der Waals surface area contributed by atoms with E-state index in [0.29, 0.717) is 5.69 Å². The van der Waals surface area contributed by atoms with Gasteiger partial charge in [0.25, 0.3) is 5.91 Å². The van der Waals surface area contributed by atoms with Gasteiger partial charge in [-0.2, -0.15) is 4.72 Å². The van der Waals surface area contributed by atoms with E-state index in [1.54, 1.807) is 12.3 Å². The normalized spacial score (nSPS) is 10.8. The van der Waals surface area contributed by atoms with Gasteiger partial charge in [0.2, 0.25) is 10.0 Å². The van der Waals surface area contributed by atoms with Crippen LogP contribution in [0.3, 0.4) is 0 Å². The van der Waals surface area contributed by atoms with E-state index in [1.807, 2.05) is 0 Å². The van der Waals surface area contributed by atoms with Crippen LogP contribution in [0.25, 0.3) is 0 Å². The van der Waals surface area contributed by atoms with Gasteiger partial charge < -0.3 is 4.74 Å². The van der Waals surface area contributed by atoms with Crippen LogP contribution in [-0.4, -0.2) is 38.4 Å². The van der Waals surface area contributed by atoms with Gasteiger partial charge in [0.05, 0.1) is 30.2 Å². The van der Waals surface area contributed by atoms with Crippen molar-refractivity contribution >= 4 is 38.4 Å². The number of carbonyl (C=O) groups is 2. The highest BCUT2D eigenvalue weighted by Crippen LogP contribution is 2.18. The molecule has 0 aliphatic heterocycles. The zero-order valence-electron chi connectivity index (χ0n) is 14.4. The Balaban J connectivity index is 2.09. The number of aromatic nitrogens is 1. The second kappa shape index (κ2) is 9.27. The number of benzene rings is 1. The summed E-state index contributed by atoms with van der Waals surface area (Å²) in [5, 5.41) is 4.50. The van der Waals surface area contributed by atoms with Gasteiger partial charge in [0.15, 0.2) is 5.13 Å². The van der Waals surface area contributed by atoms with Crippen LogP contribution in [0.1, 0.15) is 23.0 Å². The number of terminal acetylenes is 1. The van der Waals surface area contributed by atoms with E-state index in [4.69, 9.17) is 11.2 Å². The Kier molecular flexibility index (Phi) is 7.06. The van der Waals surface area contributed by atoms with Crippen LogP contribution in [0.5, 0.6) is 0 Å². The van der Waals surface area contributed by atoms with E-state index in [2.05, 4.69) is 20.9 Å². The van der Waals surface area contributed by atoms with Gasteiger partial charge in [-0.25, -0.2) is 13.4 Å². The summed E-state index contributed by atoms with van der Waals surface area (Å²) in [4.78, 5) is 27.9. The lowest BCUT2D eigenvalue weighted by Crippen LogP contribution is -2.24. The summed E-state index contributed by atoms with van der Waals surface area (Å²) >= 11 is 1.15. The number of rotatable bonds is 8. The van der Waals surface area contributed by atoms with Crippen molar-refractivity contribution in [1.29, 1.82) is 0 Å². The second-order valence-electron chi connectivity index (χ2n) is 5.14. The van der Waals surface area contributed by atoms with Gasteiger partial charge in [0, 0.05) is 10.9 Å². The van der Waals surface area contributed by atoms with Gasteiger partial charge in [-0.05, 0) is 25.1 Å². The van der Waals surface area contributed by atoms with Crippen molar-refractivity contribution < 1.29 is 22.7 Å². The highest BCUT2D eigenvalue weighted by atomic mass is 32.2. The molecule has 1 heterocycles. The number of nitrogens with zero attached hydrogens (tertiary/aromatic N) is 1. The average molecular weight is 407 g/mol. The molecule has 10 heteroatoms. The molecule has 8 nitrogen and oxygen atoms in total. The fraction of sp³-hybridized carbons (Fsp3) is 0.235. The van der Waals surface area contributed by atoms with Crippen molar-refractivity contribution in [3.63, 3.8) is 0 Å². The molecule has 0 atom stereocenters. The molecule has 0 spiro atoms. The third kappa shape index (κ3) is 5.89. The van der Waals surface area contributed by atoms with E-state index in [1.165, 1.54) is 24.3 Å². The third-order valence-corrected chi connectivity index (χ3v) is 5.38. The Morgan fingerprint density at radius 3 is 2.85 bits per heavy atom. The zero-order chi connectivity index (χ0) is 19.9. The maximum Gasteiger partial charge on any atom is 0.311 e.